The quantitative estimate of drug-likeness (QED) is 0.602. The molecule has 17 heavy (non-hydrogen) atoms. The van der Waals surface area contributed by atoms with Crippen molar-refractivity contribution in [1.29, 1.82) is 0 Å². The molecule has 0 radical (unpaired) electrons. The van der Waals surface area contributed by atoms with Crippen molar-refractivity contribution >= 4 is 43.1 Å². The van der Waals surface area contributed by atoms with Gasteiger partial charge in [-0.25, -0.2) is 0 Å². The molecule has 0 bridgehead atoms. The fraction of sp³-hybridized carbons (Fsp3) is 0.143. The Morgan fingerprint density at radius 1 is 0.941 bits per heavy atom. The highest BCUT2D eigenvalue weighted by Crippen LogP contribution is 2.39. The van der Waals surface area contributed by atoms with E-state index < -0.39 is 0 Å². The van der Waals surface area contributed by atoms with Crippen molar-refractivity contribution < 1.29 is 5.11 Å². The summed E-state index contributed by atoms with van der Waals surface area (Å²) >= 11 is 7.80. The lowest BCUT2D eigenvalue weighted by Crippen LogP contribution is -1.76. The van der Waals surface area contributed by atoms with Crippen molar-refractivity contribution in [2.24, 2.45) is 0 Å². The number of thiophene rings is 1. The maximum Gasteiger partial charge on any atom is 0.119 e. The molecule has 2 aromatic carbocycles. The van der Waals surface area contributed by atoms with Crippen LogP contribution in [0.15, 0.2) is 24.3 Å². The predicted molar refractivity (Wildman–Crippen MR) is 75.5 cm³/mol. The molecule has 3 aromatic rings. The molecular formula is C14H11ClOS. The van der Waals surface area contributed by atoms with Gasteiger partial charge in [0.2, 0.25) is 0 Å². The Morgan fingerprint density at radius 2 is 1.53 bits per heavy atom. The summed E-state index contributed by atoms with van der Waals surface area (Å²) in [5.74, 6) is 0.354. The number of hydrogen-bond acceptors (Lipinski definition) is 2. The van der Waals surface area contributed by atoms with E-state index in [1.54, 1.807) is 11.3 Å². The van der Waals surface area contributed by atoms with E-state index in [0.717, 1.165) is 20.8 Å². The second-order valence-electron chi connectivity index (χ2n) is 4.33. The molecule has 0 unspecified atom stereocenters. The maximum absolute atomic E-state index is 9.73. The third-order valence-corrected chi connectivity index (χ3v) is 4.59. The van der Waals surface area contributed by atoms with Crippen LogP contribution in [0.3, 0.4) is 0 Å². The molecule has 1 nitrogen and oxygen atoms in total. The summed E-state index contributed by atoms with van der Waals surface area (Å²) in [6.45, 7) is 3.93. The van der Waals surface area contributed by atoms with Crippen LogP contribution in [0, 0.1) is 13.8 Å². The molecule has 3 rings (SSSR count). The van der Waals surface area contributed by atoms with Gasteiger partial charge < -0.3 is 5.11 Å². The van der Waals surface area contributed by atoms with E-state index in [1.807, 2.05) is 32.0 Å². The van der Waals surface area contributed by atoms with Crippen molar-refractivity contribution in [1.82, 2.24) is 0 Å². The molecule has 0 aliphatic rings. The van der Waals surface area contributed by atoms with Gasteiger partial charge in [0.15, 0.2) is 0 Å². The van der Waals surface area contributed by atoms with E-state index in [9.17, 15) is 5.11 Å². The van der Waals surface area contributed by atoms with Crippen LogP contribution in [0.4, 0.5) is 0 Å². The molecular weight excluding hydrogens is 252 g/mol. The number of hydrogen-bond donors (Lipinski definition) is 1. The van der Waals surface area contributed by atoms with E-state index in [4.69, 9.17) is 11.6 Å². The number of halogens is 1. The second kappa shape index (κ2) is 3.62. The van der Waals surface area contributed by atoms with Crippen molar-refractivity contribution in [3.05, 3.63) is 40.4 Å². The van der Waals surface area contributed by atoms with Crippen LogP contribution in [0.5, 0.6) is 5.75 Å². The minimum Gasteiger partial charge on any atom is -0.508 e. The van der Waals surface area contributed by atoms with Crippen LogP contribution in [-0.2, 0) is 0 Å². The van der Waals surface area contributed by atoms with E-state index in [0.29, 0.717) is 5.75 Å². The van der Waals surface area contributed by atoms with Gasteiger partial charge >= 0.3 is 0 Å². The van der Waals surface area contributed by atoms with E-state index >= 15 is 0 Å². The lowest BCUT2D eigenvalue weighted by Gasteiger charge is -2.00. The van der Waals surface area contributed by atoms with Gasteiger partial charge in [-0.1, -0.05) is 11.6 Å². The minimum absolute atomic E-state index is 0.354. The summed E-state index contributed by atoms with van der Waals surface area (Å²) in [7, 11) is 0. The normalized spacial score (nSPS) is 11.5. The zero-order valence-electron chi connectivity index (χ0n) is 9.54. The summed E-state index contributed by atoms with van der Waals surface area (Å²) in [4.78, 5) is 0. The number of phenolic OH excluding ortho intramolecular Hbond substituents is 1. The molecule has 0 saturated heterocycles. The average molecular weight is 263 g/mol. The highest BCUT2D eigenvalue weighted by atomic mass is 35.5. The van der Waals surface area contributed by atoms with Gasteiger partial charge in [0.1, 0.15) is 5.75 Å². The van der Waals surface area contributed by atoms with E-state index in [2.05, 4.69) is 6.07 Å². The monoisotopic (exact) mass is 262 g/mol. The van der Waals surface area contributed by atoms with Gasteiger partial charge in [-0.2, -0.15) is 0 Å². The summed E-state index contributed by atoms with van der Waals surface area (Å²) < 4.78 is 2.27. The first-order valence-corrected chi connectivity index (χ1v) is 6.57. The molecule has 0 amide bonds. The van der Waals surface area contributed by atoms with Crippen LogP contribution >= 0.6 is 22.9 Å². The van der Waals surface area contributed by atoms with Crippen molar-refractivity contribution in [2.75, 3.05) is 0 Å². The molecule has 0 spiro atoms. The zero-order chi connectivity index (χ0) is 12.2. The minimum atomic E-state index is 0.354. The zero-order valence-corrected chi connectivity index (χ0v) is 11.1. The largest absolute Gasteiger partial charge is 0.508 e. The molecule has 0 saturated carbocycles. The fourth-order valence-corrected chi connectivity index (χ4v) is 3.42. The summed E-state index contributed by atoms with van der Waals surface area (Å²) in [6, 6.07) is 7.99. The number of aromatic hydroxyl groups is 1. The van der Waals surface area contributed by atoms with Gasteiger partial charge in [-0.15, -0.1) is 11.3 Å². The Bertz CT molecular complexity index is 681. The summed E-state index contributed by atoms with van der Waals surface area (Å²) in [5.41, 5.74) is 1.99. The number of aryl methyl sites for hydroxylation is 2. The average Bonchev–Trinajstić information content (AvgIpc) is 2.58. The van der Waals surface area contributed by atoms with Crippen LogP contribution in [0.25, 0.3) is 20.2 Å². The van der Waals surface area contributed by atoms with Gasteiger partial charge in [-0.3, -0.25) is 0 Å². The molecule has 1 heterocycles. The van der Waals surface area contributed by atoms with Gasteiger partial charge in [0.05, 0.1) is 0 Å². The van der Waals surface area contributed by atoms with Crippen molar-refractivity contribution in [3.63, 3.8) is 0 Å². The number of fused-ring (bicyclic) bond motifs is 3. The summed E-state index contributed by atoms with van der Waals surface area (Å²) in [5, 5.41) is 12.9. The highest BCUT2D eigenvalue weighted by molar-refractivity contribution is 7.25. The first-order chi connectivity index (χ1) is 8.06. The second-order valence-corrected chi connectivity index (χ2v) is 5.83. The van der Waals surface area contributed by atoms with Crippen LogP contribution in [-0.4, -0.2) is 5.11 Å². The molecule has 0 atom stereocenters. The smallest absolute Gasteiger partial charge is 0.119 e. The van der Waals surface area contributed by atoms with Crippen LogP contribution in [0.2, 0.25) is 5.02 Å². The third-order valence-electron chi connectivity index (χ3n) is 3.07. The fourth-order valence-electron chi connectivity index (χ4n) is 2.05. The number of benzene rings is 2. The van der Waals surface area contributed by atoms with E-state index in [1.165, 1.54) is 15.5 Å². The van der Waals surface area contributed by atoms with E-state index in [-0.39, 0.29) is 0 Å². The summed E-state index contributed by atoms with van der Waals surface area (Å²) in [6.07, 6.45) is 0. The van der Waals surface area contributed by atoms with Crippen LogP contribution in [0.1, 0.15) is 11.1 Å². The van der Waals surface area contributed by atoms with Crippen LogP contribution < -0.4 is 0 Å². The SMILES string of the molecule is Cc1cc2c(cc1O)sc1cc(Cl)c(C)cc12. The molecule has 0 fully saturated rings. The molecule has 1 aromatic heterocycles. The molecule has 0 aliphatic heterocycles. The number of rotatable bonds is 0. The Labute approximate surface area is 108 Å². The third kappa shape index (κ3) is 1.60. The maximum atomic E-state index is 9.73. The highest BCUT2D eigenvalue weighted by Gasteiger charge is 2.09. The number of phenols is 1. The Balaban J connectivity index is 2.51. The van der Waals surface area contributed by atoms with Gasteiger partial charge in [0.25, 0.3) is 0 Å². The Morgan fingerprint density at radius 3 is 2.24 bits per heavy atom. The van der Waals surface area contributed by atoms with Gasteiger partial charge in [0, 0.05) is 25.2 Å². The first kappa shape index (κ1) is 10.9. The Hall–Kier alpha value is -1.25. The standard InChI is InChI=1S/C14H11ClOS/c1-7-3-9-10-4-8(2)12(16)6-14(10)17-13(9)5-11(7)15/h3-6,16H,1-2H3. The van der Waals surface area contributed by atoms with Crippen molar-refractivity contribution in [2.45, 2.75) is 13.8 Å². The first-order valence-electron chi connectivity index (χ1n) is 5.38. The topological polar surface area (TPSA) is 20.2 Å². The predicted octanol–water partition coefficient (Wildman–Crippen LogP) is 5.03. The lowest BCUT2D eigenvalue weighted by molar-refractivity contribution is 0.472. The Kier molecular flexibility index (Phi) is 2.32. The molecule has 1 N–H and O–H groups in total. The lowest BCUT2D eigenvalue weighted by atomic mass is 10.1. The molecule has 0 aliphatic carbocycles. The molecule has 3 heteroatoms. The van der Waals surface area contributed by atoms with Crippen molar-refractivity contribution in [3.8, 4) is 5.75 Å². The molecule has 86 valence electrons. The van der Waals surface area contributed by atoms with Gasteiger partial charge in [-0.05, 0) is 49.2 Å².